The SMILES string of the molecule is CCn1cncc1-c1ccccc1OCc1ccccc1. The van der Waals surface area contributed by atoms with Gasteiger partial charge in [-0.3, -0.25) is 0 Å². The van der Waals surface area contributed by atoms with Crippen LogP contribution in [0.5, 0.6) is 5.75 Å². The highest BCUT2D eigenvalue weighted by Crippen LogP contribution is 2.30. The number of imidazole rings is 1. The lowest BCUT2D eigenvalue weighted by molar-refractivity contribution is 0.307. The maximum atomic E-state index is 6.01. The van der Waals surface area contributed by atoms with Gasteiger partial charge in [0.1, 0.15) is 12.4 Å². The molecule has 3 rings (SSSR count). The summed E-state index contributed by atoms with van der Waals surface area (Å²) in [5, 5.41) is 0. The van der Waals surface area contributed by atoms with Crippen molar-refractivity contribution >= 4 is 0 Å². The van der Waals surface area contributed by atoms with E-state index in [0.717, 1.165) is 29.1 Å². The number of hydrogen-bond acceptors (Lipinski definition) is 2. The maximum absolute atomic E-state index is 6.01. The minimum absolute atomic E-state index is 0.568. The van der Waals surface area contributed by atoms with E-state index in [2.05, 4.69) is 34.7 Å². The molecule has 0 saturated heterocycles. The maximum Gasteiger partial charge on any atom is 0.129 e. The summed E-state index contributed by atoms with van der Waals surface area (Å²) in [5.41, 5.74) is 3.32. The van der Waals surface area contributed by atoms with Gasteiger partial charge in [-0.05, 0) is 24.6 Å². The minimum Gasteiger partial charge on any atom is -0.488 e. The molecule has 0 saturated carbocycles. The Morgan fingerprint density at radius 2 is 1.76 bits per heavy atom. The van der Waals surface area contributed by atoms with Crippen molar-refractivity contribution in [2.75, 3.05) is 0 Å². The zero-order valence-corrected chi connectivity index (χ0v) is 12.1. The van der Waals surface area contributed by atoms with Gasteiger partial charge < -0.3 is 9.30 Å². The number of ether oxygens (including phenoxy) is 1. The van der Waals surface area contributed by atoms with Crippen LogP contribution in [0.1, 0.15) is 12.5 Å². The Bertz CT molecular complexity index is 704. The van der Waals surface area contributed by atoms with Crippen LogP contribution in [-0.2, 0) is 13.2 Å². The number of benzene rings is 2. The molecule has 0 aliphatic rings. The van der Waals surface area contributed by atoms with Crippen molar-refractivity contribution in [1.82, 2.24) is 9.55 Å². The van der Waals surface area contributed by atoms with Crippen LogP contribution in [-0.4, -0.2) is 9.55 Å². The molecule has 0 unspecified atom stereocenters. The van der Waals surface area contributed by atoms with Crippen LogP contribution < -0.4 is 4.74 Å². The lowest BCUT2D eigenvalue weighted by atomic mass is 10.1. The van der Waals surface area contributed by atoms with Crippen molar-refractivity contribution in [3.63, 3.8) is 0 Å². The molecule has 0 spiro atoms. The van der Waals surface area contributed by atoms with Gasteiger partial charge in [0.2, 0.25) is 0 Å². The normalized spacial score (nSPS) is 10.5. The van der Waals surface area contributed by atoms with E-state index in [0.29, 0.717) is 6.61 Å². The lowest BCUT2D eigenvalue weighted by Gasteiger charge is -2.12. The molecule has 0 atom stereocenters. The molecule has 0 N–H and O–H groups in total. The molecule has 3 aromatic rings. The number of hydrogen-bond donors (Lipinski definition) is 0. The van der Waals surface area contributed by atoms with Gasteiger partial charge in [-0.15, -0.1) is 0 Å². The van der Waals surface area contributed by atoms with Gasteiger partial charge in [0.15, 0.2) is 0 Å². The van der Waals surface area contributed by atoms with Crippen molar-refractivity contribution in [3.05, 3.63) is 72.7 Å². The van der Waals surface area contributed by atoms with Crippen LogP contribution in [0, 0.1) is 0 Å². The van der Waals surface area contributed by atoms with Crippen molar-refractivity contribution in [3.8, 4) is 17.0 Å². The summed E-state index contributed by atoms with van der Waals surface area (Å²) < 4.78 is 8.12. The van der Waals surface area contributed by atoms with E-state index in [9.17, 15) is 0 Å². The zero-order chi connectivity index (χ0) is 14.5. The van der Waals surface area contributed by atoms with Gasteiger partial charge in [0, 0.05) is 12.1 Å². The fourth-order valence-electron chi connectivity index (χ4n) is 2.34. The first-order valence-electron chi connectivity index (χ1n) is 7.14. The number of para-hydroxylation sites is 1. The highest BCUT2D eigenvalue weighted by atomic mass is 16.5. The average Bonchev–Trinajstić information content (AvgIpc) is 3.02. The van der Waals surface area contributed by atoms with Crippen molar-refractivity contribution < 1.29 is 4.74 Å². The summed E-state index contributed by atoms with van der Waals surface area (Å²) in [5.74, 6) is 0.886. The van der Waals surface area contributed by atoms with Crippen LogP contribution in [0.25, 0.3) is 11.3 Å². The average molecular weight is 278 g/mol. The second kappa shape index (κ2) is 6.27. The summed E-state index contributed by atoms with van der Waals surface area (Å²) in [4.78, 5) is 4.24. The minimum atomic E-state index is 0.568. The monoisotopic (exact) mass is 278 g/mol. The second-order valence-electron chi connectivity index (χ2n) is 4.84. The van der Waals surface area contributed by atoms with E-state index in [1.165, 1.54) is 0 Å². The van der Waals surface area contributed by atoms with Crippen LogP contribution >= 0.6 is 0 Å². The Kier molecular flexibility index (Phi) is 4.01. The van der Waals surface area contributed by atoms with Crippen LogP contribution in [0.2, 0.25) is 0 Å². The van der Waals surface area contributed by atoms with E-state index >= 15 is 0 Å². The van der Waals surface area contributed by atoms with E-state index in [4.69, 9.17) is 4.74 Å². The molecule has 0 aliphatic carbocycles. The van der Waals surface area contributed by atoms with Gasteiger partial charge >= 0.3 is 0 Å². The molecule has 106 valence electrons. The molecule has 0 bridgehead atoms. The van der Waals surface area contributed by atoms with Crippen LogP contribution in [0.3, 0.4) is 0 Å². The summed E-state index contributed by atoms with van der Waals surface area (Å²) in [7, 11) is 0. The van der Waals surface area contributed by atoms with Gasteiger partial charge in [0.05, 0.1) is 18.2 Å². The molecule has 0 aliphatic heterocycles. The molecule has 0 radical (unpaired) electrons. The third kappa shape index (κ3) is 2.97. The molecule has 1 heterocycles. The summed E-state index contributed by atoms with van der Waals surface area (Å²) >= 11 is 0. The Morgan fingerprint density at radius 3 is 2.57 bits per heavy atom. The first-order valence-corrected chi connectivity index (χ1v) is 7.14. The molecular formula is C18H18N2O. The standard InChI is InChI=1S/C18H18N2O/c1-2-20-14-19-12-17(20)16-10-6-7-11-18(16)21-13-15-8-4-3-5-9-15/h3-12,14H,2,13H2,1H3. The molecule has 3 nitrogen and oxygen atoms in total. The first kappa shape index (κ1) is 13.4. The van der Waals surface area contributed by atoms with Gasteiger partial charge in [-0.25, -0.2) is 4.98 Å². The fraction of sp³-hybridized carbons (Fsp3) is 0.167. The highest BCUT2D eigenvalue weighted by molar-refractivity contribution is 5.67. The Balaban J connectivity index is 1.86. The topological polar surface area (TPSA) is 27.1 Å². The van der Waals surface area contributed by atoms with Crippen molar-refractivity contribution in [2.45, 2.75) is 20.1 Å². The highest BCUT2D eigenvalue weighted by Gasteiger charge is 2.10. The summed E-state index contributed by atoms with van der Waals surface area (Å²) in [6.45, 7) is 3.57. The quantitative estimate of drug-likeness (QED) is 0.701. The molecule has 3 heteroatoms. The predicted octanol–water partition coefficient (Wildman–Crippen LogP) is 4.15. The molecule has 1 aromatic heterocycles. The molecule has 21 heavy (non-hydrogen) atoms. The number of nitrogens with zero attached hydrogens (tertiary/aromatic N) is 2. The molecule has 0 amide bonds. The zero-order valence-electron chi connectivity index (χ0n) is 12.1. The number of aromatic nitrogens is 2. The van der Waals surface area contributed by atoms with Gasteiger partial charge in [0.25, 0.3) is 0 Å². The number of rotatable bonds is 5. The third-order valence-corrected chi connectivity index (χ3v) is 3.45. The van der Waals surface area contributed by atoms with E-state index < -0.39 is 0 Å². The Labute approximate surface area is 124 Å². The number of aryl methyl sites for hydroxylation is 1. The fourth-order valence-corrected chi connectivity index (χ4v) is 2.34. The summed E-state index contributed by atoms with van der Waals surface area (Å²) in [6, 6.07) is 18.3. The molecule has 2 aromatic carbocycles. The van der Waals surface area contributed by atoms with Crippen LogP contribution in [0.15, 0.2) is 67.1 Å². The van der Waals surface area contributed by atoms with Gasteiger partial charge in [-0.1, -0.05) is 42.5 Å². The predicted molar refractivity (Wildman–Crippen MR) is 84.1 cm³/mol. The molecular weight excluding hydrogens is 260 g/mol. The van der Waals surface area contributed by atoms with E-state index in [-0.39, 0.29) is 0 Å². The largest absolute Gasteiger partial charge is 0.488 e. The Morgan fingerprint density at radius 1 is 1.00 bits per heavy atom. The first-order chi connectivity index (χ1) is 10.4. The Hall–Kier alpha value is -2.55. The van der Waals surface area contributed by atoms with E-state index in [1.54, 1.807) is 0 Å². The van der Waals surface area contributed by atoms with Gasteiger partial charge in [-0.2, -0.15) is 0 Å². The molecule has 0 fully saturated rings. The van der Waals surface area contributed by atoms with Crippen molar-refractivity contribution in [1.29, 1.82) is 0 Å². The summed E-state index contributed by atoms with van der Waals surface area (Å²) in [6.07, 6.45) is 3.73. The second-order valence-corrected chi connectivity index (χ2v) is 4.84. The smallest absolute Gasteiger partial charge is 0.129 e. The van der Waals surface area contributed by atoms with E-state index in [1.807, 2.05) is 48.9 Å². The third-order valence-electron chi connectivity index (χ3n) is 3.45. The van der Waals surface area contributed by atoms with Crippen LogP contribution in [0.4, 0.5) is 0 Å². The van der Waals surface area contributed by atoms with Crippen molar-refractivity contribution in [2.24, 2.45) is 0 Å². The lowest BCUT2D eigenvalue weighted by Crippen LogP contribution is -1.99.